The Morgan fingerprint density at radius 2 is 2.33 bits per heavy atom. The Labute approximate surface area is 94.7 Å². The van der Waals surface area contributed by atoms with Gasteiger partial charge in [0.2, 0.25) is 5.91 Å². The molecule has 80 valence electrons. The summed E-state index contributed by atoms with van der Waals surface area (Å²) < 4.78 is 18.9. The molecule has 1 atom stereocenters. The van der Waals surface area contributed by atoms with Crippen LogP contribution in [0.25, 0.3) is 0 Å². The van der Waals surface area contributed by atoms with Gasteiger partial charge in [-0.15, -0.1) is 0 Å². The molecule has 1 unspecified atom stereocenters. The summed E-state index contributed by atoms with van der Waals surface area (Å²) >= 11 is 3.08. The van der Waals surface area contributed by atoms with Crippen LogP contribution in [0.5, 0.6) is 0 Å². The minimum absolute atomic E-state index is 0.0301. The number of carbonyl (C=O) groups is 1. The number of hydrogen-bond acceptors (Lipinski definition) is 2. The highest BCUT2D eigenvalue weighted by molar-refractivity contribution is 9.10. The second kappa shape index (κ2) is 4.28. The molecular formula is C10H9BrFNO2. The van der Waals surface area contributed by atoms with E-state index in [1.165, 1.54) is 6.07 Å². The average Bonchev–Trinajstić information content (AvgIpc) is 2.23. The van der Waals surface area contributed by atoms with Crippen molar-refractivity contribution >= 4 is 21.8 Å². The smallest absolute Gasteiger partial charge is 0.246 e. The van der Waals surface area contributed by atoms with E-state index in [4.69, 9.17) is 4.74 Å². The number of hydrogen-bond donors (Lipinski definition) is 1. The summed E-state index contributed by atoms with van der Waals surface area (Å²) in [6.07, 6.45) is -0.259. The van der Waals surface area contributed by atoms with Crippen LogP contribution in [0.15, 0.2) is 22.7 Å². The van der Waals surface area contributed by atoms with Gasteiger partial charge in [0.25, 0.3) is 0 Å². The molecular weight excluding hydrogens is 265 g/mol. The molecule has 2 rings (SSSR count). The number of amides is 1. The maximum Gasteiger partial charge on any atom is 0.246 e. The van der Waals surface area contributed by atoms with Crippen molar-refractivity contribution in [2.24, 2.45) is 0 Å². The van der Waals surface area contributed by atoms with Crippen molar-refractivity contribution < 1.29 is 13.9 Å². The molecule has 0 aliphatic carbocycles. The van der Waals surface area contributed by atoms with E-state index in [0.29, 0.717) is 11.0 Å². The van der Waals surface area contributed by atoms with Crippen LogP contribution < -0.4 is 5.32 Å². The molecule has 1 amide bonds. The lowest BCUT2D eigenvalue weighted by Crippen LogP contribution is -2.38. The van der Waals surface area contributed by atoms with E-state index in [1.807, 2.05) is 0 Å². The van der Waals surface area contributed by atoms with Crippen LogP contribution in [0.3, 0.4) is 0 Å². The van der Waals surface area contributed by atoms with Crippen LogP contribution in [0.4, 0.5) is 4.39 Å². The van der Waals surface area contributed by atoms with Gasteiger partial charge in [0, 0.05) is 6.54 Å². The highest BCUT2D eigenvalue weighted by Crippen LogP contribution is 2.23. The molecule has 1 aliphatic rings. The third kappa shape index (κ3) is 2.35. The Bertz CT molecular complexity index is 387. The van der Waals surface area contributed by atoms with E-state index in [9.17, 15) is 9.18 Å². The van der Waals surface area contributed by atoms with E-state index in [1.54, 1.807) is 12.1 Å². The standard InChI is InChI=1S/C10H9BrFNO2/c11-7-2-1-6(3-8(7)12)9-4-13-10(14)5-15-9/h1-3,9H,4-5H2,(H,13,14). The fraction of sp³-hybridized carbons (Fsp3) is 0.300. The Hall–Kier alpha value is -0.940. The first kappa shape index (κ1) is 10.6. The first-order valence-electron chi connectivity index (χ1n) is 4.50. The summed E-state index contributed by atoms with van der Waals surface area (Å²) in [5, 5.41) is 2.67. The second-order valence-corrected chi connectivity index (χ2v) is 4.13. The summed E-state index contributed by atoms with van der Waals surface area (Å²) in [6, 6.07) is 4.81. The average molecular weight is 274 g/mol. The number of halogens is 2. The molecule has 0 saturated carbocycles. The van der Waals surface area contributed by atoms with Crippen molar-refractivity contribution in [1.82, 2.24) is 5.32 Å². The normalized spacial score (nSPS) is 21.2. The van der Waals surface area contributed by atoms with Crippen LogP contribution in [0.1, 0.15) is 11.7 Å². The quantitative estimate of drug-likeness (QED) is 0.847. The Kier molecular flexibility index (Phi) is 3.02. The van der Waals surface area contributed by atoms with Gasteiger partial charge in [0.15, 0.2) is 0 Å². The SMILES string of the molecule is O=C1COC(c2ccc(Br)c(F)c2)CN1. The van der Waals surface area contributed by atoms with Crippen molar-refractivity contribution in [1.29, 1.82) is 0 Å². The van der Waals surface area contributed by atoms with Gasteiger partial charge in [0.05, 0.1) is 4.47 Å². The molecule has 0 aromatic heterocycles. The third-order valence-electron chi connectivity index (χ3n) is 2.22. The van der Waals surface area contributed by atoms with E-state index in [-0.39, 0.29) is 24.4 Å². The van der Waals surface area contributed by atoms with Crippen LogP contribution in [0.2, 0.25) is 0 Å². The Morgan fingerprint density at radius 3 is 2.93 bits per heavy atom. The first-order valence-corrected chi connectivity index (χ1v) is 5.29. The number of carbonyl (C=O) groups excluding carboxylic acids is 1. The molecule has 1 saturated heterocycles. The highest BCUT2D eigenvalue weighted by atomic mass is 79.9. The maximum atomic E-state index is 13.2. The van der Waals surface area contributed by atoms with Gasteiger partial charge < -0.3 is 10.1 Å². The van der Waals surface area contributed by atoms with E-state index < -0.39 is 0 Å². The topological polar surface area (TPSA) is 38.3 Å². The van der Waals surface area contributed by atoms with Gasteiger partial charge in [-0.2, -0.15) is 0 Å². The summed E-state index contributed by atoms with van der Waals surface area (Å²) in [7, 11) is 0. The molecule has 0 bridgehead atoms. The lowest BCUT2D eigenvalue weighted by atomic mass is 10.1. The fourth-order valence-corrected chi connectivity index (χ4v) is 1.67. The number of benzene rings is 1. The van der Waals surface area contributed by atoms with Gasteiger partial charge >= 0.3 is 0 Å². The zero-order valence-corrected chi connectivity index (χ0v) is 9.38. The predicted octanol–water partition coefficient (Wildman–Crippen LogP) is 1.78. The number of rotatable bonds is 1. The molecule has 1 aliphatic heterocycles. The monoisotopic (exact) mass is 273 g/mol. The first-order chi connectivity index (χ1) is 7.16. The van der Waals surface area contributed by atoms with E-state index in [2.05, 4.69) is 21.2 Å². The fourth-order valence-electron chi connectivity index (χ4n) is 1.42. The number of ether oxygens (including phenoxy) is 1. The lowest BCUT2D eigenvalue weighted by Gasteiger charge is -2.23. The molecule has 1 heterocycles. The van der Waals surface area contributed by atoms with E-state index >= 15 is 0 Å². The van der Waals surface area contributed by atoms with Gasteiger partial charge in [-0.1, -0.05) is 6.07 Å². The largest absolute Gasteiger partial charge is 0.362 e. The van der Waals surface area contributed by atoms with Crippen LogP contribution in [-0.2, 0) is 9.53 Å². The van der Waals surface area contributed by atoms with Gasteiger partial charge in [-0.3, -0.25) is 4.79 Å². The highest BCUT2D eigenvalue weighted by Gasteiger charge is 2.20. The molecule has 1 fully saturated rings. The second-order valence-electron chi connectivity index (χ2n) is 3.28. The minimum Gasteiger partial charge on any atom is -0.362 e. The number of morpholine rings is 1. The molecule has 1 aromatic rings. The van der Waals surface area contributed by atoms with Gasteiger partial charge in [-0.05, 0) is 33.6 Å². The molecule has 15 heavy (non-hydrogen) atoms. The van der Waals surface area contributed by atoms with Crippen LogP contribution in [0, 0.1) is 5.82 Å². The summed E-state index contributed by atoms with van der Waals surface area (Å²) in [6.45, 7) is 0.419. The van der Waals surface area contributed by atoms with Crippen LogP contribution in [-0.4, -0.2) is 19.1 Å². The summed E-state index contributed by atoms with van der Waals surface area (Å²) in [5.74, 6) is -0.461. The Balaban J connectivity index is 2.16. The number of nitrogens with one attached hydrogen (secondary N) is 1. The van der Waals surface area contributed by atoms with Gasteiger partial charge in [0.1, 0.15) is 18.5 Å². The van der Waals surface area contributed by atoms with Crippen molar-refractivity contribution in [3.63, 3.8) is 0 Å². The van der Waals surface area contributed by atoms with Crippen molar-refractivity contribution in [3.05, 3.63) is 34.1 Å². The predicted molar refractivity (Wildman–Crippen MR) is 55.8 cm³/mol. The molecule has 0 spiro atoms. The van der Waals surface area contributed by atoms with Gasteiger partial charge in [-0.25, -0.2) is 4.39 Å². The maximum absolute atomic E-state index is 13.2. The molecule has 5 heteroatoms. The molecule has 0 radical (unpaired) electrons. The molecule has 1 aromatic carbocycles. The van der Waals surface area contributed by atoms with Crippen molar-refractivity contribution in [2.45, 2.75) is 6.10 Å². The Morgan fingerprint density at radius 1 is 1.53 bits per heavy atom. The zero-order valence-electron chi connectivity index (χ0n) is 7.80. The lowest BCUT2D eigenvalue weighted by molar-refractivity contribution is -0.133. The summed E-state index contributed by atoms with van der Waals surface area (Å²) in [5.41, 5.74) is 0.732. The van der Waals surface area contributed by atoms with E-state index in [0.717, 1.165) is 5.56 Å². The summed E-state index contributed by atoms with van der Waals surface area (Å²) in [4.78, 5) is 10.8. The van der Waals surface area contributed by atoms with Crippen molar-refractivity contribution in [3.8, 4) is 0 Å². The third-order valence-corrected chi connectivity index (χ3v) is 2.86. The molecule has 3 nitrogen and oxygen atoms in total. The molecule has 1 N–H and O–H groups in total. The zero-order chi connectivity index (χ0) is 10.8. The minimum atomic E-state index is -0.326. The van der Waals surface area contributed by atoms with Crippen LogP contribution >= 0.6 is 15.9 Å². The van der Waals surface area contributed by atoms with Crippen molar-refractivity contribution in [2.75, 3.05) is 13.2 Å².